The normalized spacial score (nSPS) is 10.2. The number of hydrogen-bond donors (Lipinski definition) is 1. The Morgan fingerprint density at radius 1 is 1.40 bits per heavy atom. The zero-order valence-corrected chi connectivity index (χ0v) is 13.0. The number of aryl methyl sites for hydroxylation is 1. The highest BCUT2D eigenvalue weighted by Gasteiger charge is 2.06. The van der Waals surface area contributed by atoms with Gasteiger partial charge in [0.25, 0.3) is 5.91 Å². The first-order chi connectivity index (χ1) is 9.54. The Balaban J connectivity index is 1.90. The highest BCUT2D eigenvalue weighted by atomic mass is 79.9. The third-order valence-electron chi connectivity index (χ3n) is 2.49. The van der Waals surface area contributed by atoms with Crippen molar-refractivity contribution in [3.8, 4) is 5.75 Å². The van der Waals surface area contributed by atoms with Crippen molar-refractivity contribution < 1.29 is 9.53 Å². The molecule has 20 heavy (non-hydrogen) atoms. The first-order valence-electron chi connectivity index (χ1n) is 5.85. The number of ether oxygens (including phenoxy) is 1. The van der Waals surface area contributed by atoms with Gasteiger partial charge < -0.3 is 10.1 Å². The van der Waals surface area contributed by atoms with E-state index in [-0.39, 0.29) is 12.5 Å². The van der Waals surface area contributed by atoms with Crippen molar-refractivity contribution >= 4 is 39.3 Å². The van der Waals surface area contributed by atoms with Gasteiger partial charge in [0.05, 0.1) is 5.02 Å². The number of carbonyl (C=O) groups excluding carboxylic acids is 1. The summed E-state index contributed by atoms with van der Waals surface area (Å²) in [6.07, 6.45) is 1.47. The molecule has 6 heteroatoms. The van der Waals surface area contributed by atoms with E-state index >= 15 is 0 Å². The van der Waals surface area contributed by atoms with E-state index in [9.17, 15) is 4.79 Å². The maximum atomic E-state index is 11.7. The molecule has 2 aromatic rings. The summed E-state index contributed by atoms with van der Waals surface area (Å²) in [5.74, 6) is 0.838. The average molecular weight is 356 g/mol. The molecule has 0 saturated carbocycles. The SMILES string of the molecule is Cc1cc(Br)ccc1OCC(=O)Nc1ccc(Cl)cn1. The molecule has 2 rings (SSSR count). The second-order valence-electron chi connectivity index (χ2n) is 4.11. The molecule has 1 aromatic heterocycles. The predicted octanol–water partition coefficient (Wildman–Crippen LogP) is 3.82. The number of pyridine rings is 1. The molecule has 0 aliphatic rings. The maximum Gasteiger partial charge on any atom is 0.263 e. The number of carbonyl (C=O) groups is 1. The van der Waals surface area contributed by atoms with Crippen molar-refractivity contribution in [1.82, 2.24) is 4.98 Å². The van der Waals surface area contributed by atoms with Crippen LogP contribution in [0.25, 0.3) is 0 Å². The number of benzene rings is 1. The van der Waals surface area contributed by atoms with Gasteiger partial charge in [0.15, 0.2) is 6.61 Å². The van der Waals surface area contributed by atoms with Gasteiger partial charge in [-0.15, -0.1) is 0 Å². The summed E-state index contributed by atoms with van der Waals surface area (Å²) >= 11 is 9.09. The number of amides is 1. The van der Waals surface area contributed by atoms with Gasteiger partial charge in [-0.2, -0.15) is 0 Å². The van der Waals surface area contributed by atoms with Gasteiger partial charge >= 0.3 is 0 Å². The molecular weight excluding hydrogens is 344 g/mol. The van der Waals surface area contributed by atoms with E-state index in [4.69, 9.17) is 16.3 Å². The Morgan fingerprint density at radius 3 is 2.85 bits per heavy atom. The molecule has 1 N–H and O–H groups in total. The summed E-state index contributed by atoms with van der Waals surface area (Å²) in [6.45, 7) is 1.84. The van der Waals surface area contributed by atoms with Gasteiger partial charge in [-0.3, -0.25) is 4.79 Å². The molecule has 0 aliphatic heterocycles. The molecule has 1 amide bonds. The van der Waals surface area contributed by atoms with Gasteiger partial charge in [0.1, 0.15) is 11.6 Å². The minimum absolute atomic E-state index is 0.0766. The minimum atomic E-state index is -0.276. The number of rotatable bonds is 4. The van der Waals surface area contributed by atoms with Crippen LogP contribution in [0.4, 0.5) is 5.82 Å². The standard InChI is InChI=1S/C14H12BrClN2O2/c1-9-6-10(15)2-4-12(9)20-8-14(19)18-13-5-3-11(16)7-17-13/h2-7H,8H2,1H3,(H,17,18,19). The van der Waals surface area contributed by atoms with E-state index in [1.165, 1.54) is 6.20 Å². The topological polar surface area (TPSA) is 51.2 Å². The van der Waals surface area contributed by atoms with Crippen LogP contribution < -0.4 is 10.1 Å². The number of anilines is 1. The molecule has 0 unspecified atom stereocenters. The molecule has 0 fully saturated rings. The summed E-state index contributed by atoms with van der Waals surface area (Å²) in [5.41, 5.74) is 0.955. The molecule has 0 spiro atoms. The number of hydrogen-bond acceptors (Lipinski definition) is 3. The monoisotopic (exact) mass is 354 g/mol. The summed E-state index contributed by atoms with van der Waals surface area (Å²) in [5, 5.41) is 3.15. The van der Waals surface area contributed by atoms with Crippen molar-refractivity contribution in [2.75, 3.05) is 11.9 Å². The van der Waals surface area contributed by atoms with Crippen LogP contribution >= 0.6 is 27.5 Å². The summed E-state index contributed by atoms with van der Waals surface area (Å²) in [7, 11) is 0. The smallest absolute Gasteiger partial charge is 0.263 e. The molecule has 104 valence electrons. The summed E-state index contributed by atoms with van der Waals surface area (Å²) in [6, 6.07) is 8.89. The van der Waals surface area contributed by atoms with Crippen LogP contribution in [-0.4, -0.2) is 17.5 Å². The molecule has 1 aromatic carbocycles. The Kier molecular flexibility index (Phi) is 4.98. The Labute approximate surface area is 130 Å². The fraction of sp³-hybridized carbons (Fsp3) is 0.143. The van der Waals surface area contributed by atoms with E-state index in [2.05, 4.69) is 26.2 Å². The molecule has 0 bridgehead atoms. The van der Waals surface area contributed by atoms with Crippen LogP contribution in [-0.2, 0) is 4.79 Å². The van der Waals surface area contributed by atoms with E-state index in [0.29, 0.717) is 16.6 Å². The summed E-state index contributed by atoms with van der Waals surface area (Å²) in [4.78, 5) is 15.7. The van der Waals surface area contributed by atoms with Crippen LogP contribution in [0, 0.1) is 6.92 Å². The average Bonchev–Trinajstić information content (AvgIpc) is 2.40. The lowest BCUT2D eigenvalue weighted by Gasteiger charge is -2.09. The molecule has 0 aliphatic carbocycles. The second kappa shape index (κ2) is 6.72. The van der Waals surface area contributed by atoms with E-state index < -0.39 is 0 Å². The van der Waals surface area contributed by atoms with Crippen molar-refractivity contribution in [3.63, 3.8) is 0 Å². The Morgan fingerprint density at radius 2 is 2.20 bits per heavy atom. The lowest BCUT2D eigenvalue weighted by molar-refractivity contribution is -0.118. The van der Waals surface area contributed by atoms with Gasteiger partial charge in [-0.1, -0.05) is 27.5 Å². The lowest BCUT2D eigenvalue weighted by atomic mass is 10.2. The predicted molar refractivity (Wildman–Crippen MR) is 82.3 cm³/mol. The van der Waals surface area contributed by atoms with Gasteiger partial charge in [-0.05, 0) is 42.8 Å². The van der Waals surface area contributed by atoms with Gasteiger partial charge in [0, 0.05) is 10.7 Å². The number of nitrogens with one attached hydrogen (secondary N) is 1. The van der Waals surface area contributed by atoms with E-state index in [0.717, 1.165) is 10.0 Å². The fourth-order valence-corrected chi connectivity index (χ4v) is 2.13. The molecule has 0 radical (unpaired) electrons. The largest absolute Gasteiger partial charge is 0.483 e. The first kappa shape index (κ1) is 14.8. The van der Waals surface area contributed by atoms with Gasteiger partial charge in [0.2, 0.25) is 0 Å². The Bertz CT molecular complexity index is 617. The Hall–Kier alpha value is -1.59. The molecule has 4 nitrogen and oxygen atoms in total. The van der Waals surface area contributed by atoms with Crippen molar-refractivity contribution in [2.45, 2.75) is 6.92 Å². The lowest BCUT2D eigenvalue weighted by Crippen LogP contribution is -2.20. The number of aromatic nitrogens is 1. The van der Waals surface area contributed by atoms with Crippen LogP contribution in [0.3, 0.4) is 0 Å². The quantitative estimate of drug-likeness (QED) is 0.907. The third-order valence-corrected chi connectivity index (χ3v) is 3.21. The van der Waals surface area contributed by atoms with Crippen molar-refractivity contribution in [1.29, 1.82) is 0 Å². The molecular formula is C14H12BrClN2O2. The number of nitrogens with zero attached hydrogens (tertiary/aromatic N) is 1. The number of halogens is 2. The highest BCUT2D eigenvalue weighted by molar-refractivity contribution is 9.10. The van der Waals surface area contributed by atoms with Crippen LogP contribution in [0.5, 0.6) is 5.75 Å². The minimum Gasteiger partial charge on any atom is -0.483 e. The maximum absolute atomic E-state index is 11.7. The van der Waals surface area contributed by atoms with E-state index in [1.807, 2.05) is 25.1 Å². The van der Waals surface area contributed by atoms with E-state index in [1.54, 1.807) is 12.1 Å². The third kappa shape index (κ3) is 4.21. The first-order valence-corrected chi connectivity index (χ1v) is 7.02. The van der Waals surface area contributed by atoms with Crippen molar-refractivity contribution in [3.05, 3.63) is 51.6 Å². The van der Waals surface area contributed by atoms with Crippen molar-refractivity contribution in [2.24, 2.45) is 0 Å². The molecule has 0 atom stereocenters. The fourth-order valence-electron chi connectivity index (χ4n) is 1.55. The molecule has 1 heterocycles. The zero-order valence-electron chi connectivity index (χ0n) is 10.7. The van der Waals surface area contributed by atoms with Crippen LogP contribution in [0.2, 0.25) is 5.02 Å². The summed E-state index contributed by atoms with van der Waals surface area (Å²) < 4.78 is 6.43. The van der Waals surface area contributed by atoms with Crippen LogP contribution in [0.15, 0.2) is 41.0 Å². The van der Waals surface area contributed by atoms with Crippen LogP contribution in [0.1, 0.15) is 5.56 Å². The zero-order chi connectivity index (χ0) is 14.5. The highest BCUT2D eigenvalue weighted by Crippen LogP contribution is 2.22. The second-order valence-corrected chi connectivity index (χ2v) is 5.46. The van der Waals surface area contributed by atoms with Gasteiger partial charge in [-0.25, -0.2) is 4.98 Å². The molecule has 0 saturated heterocycles.